The molecule has 0 saturated carbocycles. The summed E-state index contributed by atoms with van der Waals surface area (Å²) in [6.45, 7) is 0.418. The normalized spacial score (nSPS) is 11.4. The Kier molecular flexibility index (Phi) is 4.45. The molecule has 7 heteroatoms. The van der Waals surface area contributed by atoms with E-state index < -0.39 is 0 Å². The highest BCUT2D eigenvalue weighted by atomic mass is 79.9. The van der Waals surface area contributed by atoms with E-state index in [0.29, 0.717) is 12.2 Å². The van der Waals surface area contributed by atoms with Gasteiger partial charge in [-0.3, -0.25) is 9.36 Å². The highest BCUT2D eigenvalue weighted by molar-refractivity contribution is 9.10. The van der Waals surface area contributed by atoms with Crippen LogP contribution >= 0.6 is 15.9 Å². The maximum Gasteiger partial charge on any atom is 0.283 e. The smallest absolute Gasteiger partial charge is 0.283 e. The van der Waals surface area contributed by atoms with Crippen molar-refractivity contribution in [3.63, 3.8) is 0 Å². The van der Waals surface area contributed by atoms with E-state index in [2.05, 4.69) is 31.2 Å². The molecule has 0 atom stereocenters. The minimum atomic E-state index is -0.212. The Morgan fingerprint density at radius 3 is 2.58 bits per heavy atom. The van der Waals surface area contributed by atoms with Gasteiger partial charge in [0.05, 0.1) is 5.69 Å². The number of halogens is 1. The Hall–Kier alpha value is -3.06. The van der Waals surface area contributed by atoms with Gasteiger partial charge >= 0.3 is 0 Å². The molecule has 0 aliphatic carbocycles. The maximum atomic E-state index is 12.6. The molecule has 0 amide bonds. The van der Waals surface area contributed by atoms with Crippen LogP contribution in [0.15, 0.2) is 76.3 Å². The molecule has 4 rings (SSSR count). The Balaban J connectivity index is 1.65. The molecule has 0 aliphatic heterocycles. The van der Waals surface area contributed by atoms with Crippen LogP contribution in [-0.4, -0.2) is 24.5 Å². The SMILES string of the molecule is O=c1c2nnn(-c3ccc(Br)cc3)c2ncn1C/C=C/c1ccccc1. The van der Waals surface area contributed by atoms with Gasteiger partial charge < -0.3 is 0 Å². The van der Waals surface area contributed by atoms with E-state index in [9.17, 15) is 4.79 Å². The zero-order valence-corrected chi connectivity index (χ0v) is 15.2. The predicted molar refractivity (Wildman–Crippen MR) is 104 cm³/mol. The van der Waals surface area contributed by atoms with Crippen molar-refractivity contribution in [2.45, 2.75) is 6.54 Å². The molecular weight excluding hydrogens is 394 g/mol. The van der Waals surface area contributed by atoms with Gasteiger partial charge in [-0.05, 0) is 29.8 Å². The molecule has 0 bridgehead atoms. The van der Waals surface area contributed by atoms with Gasteiger partial charge in [-0.15, -0.1) is 5.10 Å². The quantitative estimate of drug-likeness (QED) is 0.519. The summed E-state index contributed by atoms with van der Waals surface area (Å²) >= 11 is 3.40. The van der Waals surface area contributed by atoms with Crippen molar-refractivity contribution >= 4 is 33.2 Å². The van der Waals surface area contributed by atoms with E-state index in [1.807, 2.05) is 66.7 Å². The number of benzene rings is 2. The second kappa shape index (κ2) is 7.05. The van der Waals surface area contributed by atoms with E-state index in [4.69, 9.17) is 0 Å². The molecule has 0 fully saturated rings. The summed E-state index contributed by atoms with van der Waals surface area (Å²) in [5.41, 5.74) is 2.36. The monoisotopic (exact) mass is 407 g/mol. The third kappa shape index (κ3) is 3.21. The number of hydrogen-bond donors (Lipinski definition) is 0. The molecule has 26 heavy (non-hydrogen) atoms. The summed E-state index contributed by atoms with van der Waals surface area (Å²) in [7, 11) is 0. The van der Waals surface area contributed by atoms with Gasteiger partial charge in [0.2, 0.25) is 0 Å². The van der Waals surface area contributed by atoms with Crippen molar-refractivity contribution in [2.75, 3.05) is 0 Å². The van der Waals surface area contributed by atoms with Crippen LogP contribution in [0.25, 0.3) is 22.9 Å². The molecule has 0 N–H and O–H groups in total. The first kappa shape index (κ1) is 16.4. The molecule has 0 spiro atoms. The summed E-state index contributed by atoms with van der Waals surface area (Å²) in [5, 5.41) is 8.11. The highest BCUT2D eigenvalue weighted by Crippen LogP contribution is 2.15. The fourth-order valence-electron chi connectivity index (χ4n) is 2.60. The fourth-order valence-corrected chi connectivity index (χ4v) is 2.86. The first-order valence-corrected chi connectivity index (χ1v) is 8.80. The standard InChI is InChI=1S/C19H14BrN5O/c20-15-8-10-16(11-9-15)25-18-17(22-23-25)19(26)24(13-21-18)12-4-7-14-5-2-1-3-6-14/h1-11,13H,12H2/b7-4+. The van der Waals surface area contributed by atoms with E-state index in [1.165, 1.54) is 10.9 Å². The lowest BCUT2D eigenvalue weighted by Crippen LogP contribution is -2.20. The zero-order valence-electron chi connectivity index (χ0n) is 13.7. The van der Waals surface area contributed by atoms with E-state index >= 15 is 0 Å². The number of nitrogens with zero attached hydrogens (tertiary/aromatic N) is 5. The second-order valence-corrected chi connectivity index (χ2v) is 6.58. The molecule has 0 radical (unpaired) electrons. The van der Waals surface area contributed by atoms with Crippen LogP contribution in [0.4, 0.5) is 0 Å². The molecule has 2 aromatic carbocycles. The first-order chi connectivity index (χ1) is 12.7. The van der Waals surface area contributed by atoms with Gasteiger partial charge in [-0.25, -0.2) is 4.98 Å². The molecule has 128 valence electrons. The number of fused-ring (bicyclic) bond motifs is 1. The minimum Gasteiger partial charge on any atom is -0.293 e. The number of hydrogen-bond acceptors (Lipinski definition) is 4. The third-order valence-corrected chi connectivity index (χ3v) is 4.44. The second-order valence-electron chi connectivity index (χ2n) is 5.67. The summed E-state index contributed by atoms with van der Waals surface area (Å²) in [6.07, 6.45) is 5.41. The van der Waals surface area contributed by atoms with Crippen molar-refractivity contribution < 1.29 is 0 Å². The van der Waals surface area contributed by atoms with Gasteiger partial charge in [-0.1, -0.05) is 63.6 Å². The lowest BCUT2D eigenvalue weighted by molar-refractivity contribution is 0.765. The van der Waals surface area contributed by atoms with Gasteiger partial charge in [0, 0.05) is 11.0 Å². The summed E-state index contributed by atoms with van der Waals surface area (Å²) in [5.74, 6) is 0. The van der Waals surface area contributed by atoms with Crippen LogP contribution in [0.5, 0.6) is 0 Å². The Labute approximate surface area is 157 Å². The third-order valence-electron chi connectivity index (χ3n) is 3.91. The van der Waals surface area contributed by atoms with Gasteiger partial charge in [0.25, 0.3) is 5.56 Å². The Morgan fingerprint density at radius 1 is 1.04 bits per heavy atom. The van der Waals surface area contributed by atoms with E-state index in [1.54, 1.807) is 4.68 Å². The Bertz CT molecular complexity index is 1130. The first-order valence-electron chi connectivity index (χ1n) is 8.01. The molecule has 2 aromatic heterocycles. The molecule has 0 unspecified atom stereocenters. The summed E-state index contributed by atoms with van der Waals surface area (Å²) < 4.78 is 4.04. The highest BCUT2D eigenvalue weighted by Gasteiger charge is 2.12. The van der Waals surface area contributed by atoms with Crippen molar-refractivity contribution in [1.82, 2.24) is 24.5 Å². The summed E-state index contributed by atoms with van der Waals surface area (Å²) in [6, 6.07) is 17.5. The van der Waals surface area contributed by atoms with E-state index in [-0.39, 0.29) is 11.1 Å². The van der Waals surface area contributed by atoms with Crippen molar-refractivity contribution in [1.29, 1.82) is 0 Å². The summed E-state index contributed by atoms with van der Waals surface area (Å²) in [4.78, 5) is 17.0. The molecule has 0 saturated heterocycles. The van der Waals surface area contributed by atoms with Crippen LogP contribution in [0.1, 0.15) is 5.56 Å². The fraction of sp³-hybridized carbons (Fsp3) is 0.0526. The molecule has 4 aromatic rings. The van der Waals surface area contributed by atoms with Gasteiger partial charge in [-0.2, -0.15) is 4.68 Å². The minimum absolute atomic E-state index is 0.212. The van der Waals surface area contributed by atoms with Crippen molar-refractivity contribution in [3.8, 4) is 5.69 Å². The topological polar surface area (TPSA) is 65.6 Å². The number of allylic oxidation sites excluding steroid dienone is 1. The van der Waals surface area contributed by atoms with Crippen LogP contribution in [0.3, 0.4) is 0 Å². The van der Waals surface area contributed by atoms with Crippen LogP contribution in [0.2, 0.25) is 0 Å². The van der Waals surface area contributed by atoms with Crippen LogP contribution in [-0.2, 0) is 6.54 Å². The predicted octanol–water partition coefficient (Wildman–Crippen LogP) is 3.45. The maximum absolute atomic E-state index is 12.6. The largest absolute Gasteiger partial charge is 0.293 e. The lowest BCUT2D eigenvalue weighted by Gasteiger charge is -2.03. The molecule has 2 heterocycles. The molecular formula is C19H14BrN5O. The Morgan fingerprint density at radius 2 is 1.81 bits per heavy atom. The lowest BCUT2D eigenvalue weighted by atomic mass is 10.2. The average molecular weight is 408 g/mol. The zero-order chi connectivity index (χ0) is 17.9. The average Bonchev–Trinajstić information content (AvgIpc) is 3.10. The number of rotatable bonds is 4. The molecule has 0 aliphatic rings. The van der Waals surface area contributed by atoms with Gasteiger partial charge in [0.15, 0.2) is 11.2 Å². The number of aromatic nitrogens is 5. The van der Waals surface area contributed by atoms with E-state index in [0.717, 1.165) is 15.7 Å². The van der Waals surface area contributed by atoms with Crippen LogP contribution in [0, 0.1) is 0 Å². The van der Waals surface area contributed by atoms with Gasteiger partial charge in [0.1, 0.15) is 6.33 Å². The van der Waals surface area contributed by atoms with Crippen molar-refractivity contribution in [2.24, 2.45) is 0 Å². The van der Waals surface area contributed by atoms with Crippen LogP contribution < -0.4 is 5.56 Å². The molecule has 6 nitrogen and oxygen atoms in total. The van der Waals surface area contributed by atoms with Crippen molar-refractivity contribution in [3.05, 3.63) is 87.4 Å².